The van der Waals surface area contributed by atoms with Gasteiger partial charge in [0.1, 0.15) is 90.0 Å². The summed E-state index contributed by atoms with van der Waals surface area (Å²) in [6, 6.07) is -6.96. The minimum Gasteiger partial charge on any atom is -0.508 e. The van der Waals surface area contributed by atoms with Crippen LogP contribution in [0.4, 0.5) is 0 Å². The van der Waals surface area contributed by atoms with E-state index in [2.05, 4.69) is 63.5 Å². The predicted molar refractivity (Wildman–Crippen MR) is 431 cm³/mol. The van der Waals surface area contributed by atoms with Gasteiger partial charge in [0.25, 0.3) is 0 Å². The minimum absolute atomic E-state index is 0.00234. The number of phenols is 2. The zero-order valence-electron chi connectivity index (χ0n) is 68.2. The molecule has 3 aliphatic heterocycles. The van der Waals surface area contributed by atoms with Gasteiger partial charge in [-0.3, -0.25) is 76.9 Å². The standard InChI is InChI=1S/C79H123N19O20/c1-7-45(6)65(75(114)95-59(78(117)118)39-44(4)5)96-72(111)57(41-47-23-27-49(100)28-24-47)94-74(113)61-20-15-37-98(61)77(116)54(18-13-35-85-79(83)84)89-66(105)50(16-9-8-11-33-80)88-73(112)60-19-14-36-97(60)76(115)53(17-10-12-34-81)90-71(110)58(42-62(82)101)93-68(107)52(30-32-64(103)104)87-70(109)56(40-46-21-25-48(99)26-22-46)92-69(108)55(38-43(2)3)91-67(106)51-29-31-63(102)86-51/h21-28,43-45,50-61,65,99-100H,7-20,29-42,80-81H2,1-6H3,(H2,82,101)(H,86,102)(H,87,109)(H,88,112)(H,89,105)(H,90,110)(H,91,106)(H,92,108)(H,93,107)(H,94,113)(H,95,114)(H,96,111)(H,103,104)(H,117,118)(H4,83,84,85)/t45-,50-,51-,52-,53-,54-,55-,56-,57-,58-,59-,60-,61-,65-/m0/s1. The number of nitrogens with zero attached hydrogens (tertiary/aromatic N) is 3. The number of benzene rings is 2. The van der Waals surface area contributed by atoms with Crippen LogP contribution in [0.1, 0.15) is 188 Å². The van der Waals surface area contributed by atoms with Gasteiger partial charge in [-0.2, -0.15) is 0 Å². The lowest BCUT2D eigenvalue weighted by Gasteiger charge is -2.32. The third kappa shape index (κ3) is 32.3. The fraction of sp³-hybridized carbons (Fsp3) is 0.633. The van der Waals surface area contributed by atoms with Gasteiger partial charge in [0.05, 0.1) is 6.42 Å². The lowest BCUT2D eigenvalue weighted by Crippen LogP contribution is -2.61. The Morgan fingerprint density at radius 1 is 0.483 bits per heavy atom. The zero-order valence-corrected chi connectivity index (χ0v) is 68.2. The van der Waals surface area contributed by atoms with Crippen LogP contribution < -0.4 is 87.2 Å². The molecule has 118 heavy (non-hydrogen) atoms. The van der Waals surface area contributed by atoms with E-state index in [0.29, 0.717) is 43.2 Å². The van der Waals surface area contributed by atoms with Crippen LogP contribution in [0.15, 0.2) is 53.5 Å². The zero-order chi connectivity index (χ0) is 87.5. The SMILES string of the molecule is CC[C@H](C)[C@H](NC(=O)[C@H](Cc1ccc(O)cc1)NC(=O)[C@@H]1CCCN1C(=O)[C@H](CCCN=C(N)N)NC(=O)[C@H](CCCCCN)NC(=O)[C@@H]1CCCN1C(=O)[C@H](CCCCN)NC(=O)[C@H](CC(N)=O)NC(=O)[C@H](CCC(=O)O)NC(=O)[C@H](Cc1ccc(O)cc1)NC(=O)[C@H](CC(C)C)NC(=O)[C@@H]1CCC(=O)N1)C(=O)N[C@@H](CC(C)C)C(=O)O. The Morgan fingerprint density at radius 3 is 1.38 bits per heavy atom. The Balaban J connectivity index is 1.40. The van der Waals surface area contributed by atoms with Crippen molar-refractivity contribution in [1.82, 2.24) is 68.3 Å². The number of aliphatic carboxylic acids is 2. The van der Waals surface area contributed by atoms with E-state index in [9.17, 15) is 87.5 Å². The predicted octanol–water partition coefficient (Wildman–Crippen LogP) is -2.34. The van der Waals surface area contributed by atoms with Gasteiger partial charge >= 0.3 is 11.9 Å². The Kier molecular flexibility index (Phi) is 40.5. The minimum atomic E-state index is -1.91. The molecule has 14 amide bonds. The molecule has 0 aromatic heterocycles. The van der Waals surface area contributed by atoms with E-state index in [1.807, 2.05) is 0 Å². The fourth-order valence-corrected chi connectivity index (χ4v) is 14.2. The van der Waals surface area contributed by atoms with Crippen LogP contribution in [0.3, 0.4) is 0 Å². The number of carbonyl (C=O) groups excluding carboxylic acids is 14. The molecule has 654 valence electrons. The molecule has 0 saturated carbocycles. The van der Waals surface area contributed by atoms with Gasteiger partial charge in [0.2, 0.25) is 82.7 Å². The third-order valence-electron chi connectivity index (χ3n) is 20.7. The highest BCUT2D eigenvalue weighted by molar-refractivity contribution is 6.01. The van der Waals surface area contributed by atoms with Crippen LogP contribution in [0.2, 0.25) is 0 Å². The summed E-state index contributed by atoms with van der Waals surface area (Å²) in [4.78, 5) is 230. The van der Waals surface area contributed by atoms with E-state index >= 15 is 9.59 Å². The number of carbonyl (C=O) groups is 16. The molecule has 0 radical (unpaired) electrons. The van der Waals surface area contributed by atoms with E-state index in [4.69, 9.17) is 28.7 Å². The molecule has 0 bridgehead atoms. The van der Waals surface area contributed by atoms with Crippen LogP contribution in [0.5, 0.6) is 11.5 Å². The molecule has 14 atom stereocenters. The second-order valence-electron chi connectivity index (χ2n) is 31.3. The number of amides is 14. The number of phenolic OH excluding ortho intramolecular Hbond substituents is 2. The van der Waals surface area contributed by atoms with Crippen molar-refractivity contribution in [1.29, 1.82) is 0 Å². The smallest absolute Gasteiger partial charge is 0.326 e. The van der Waals surface area contributed by atoms with Crippen molar-refractivity contribution in [2.45, 2.75) is 268 Å². The van der Waals surface area contributed by atoms with Crippen LogP contribution in [-0.4, -0.2) is 242 Å². The second kappa shape index (κ2) is 49.1. The lowest BCUT2D eigenvalue weighted by atomic mass is 9.96. The van der Waals surface area contributed by atoms with E-state index in [1.165, 1.54) is 58.3 Å². The van der Waals surface area contributed by atoms with Gasteiger partial charge in [0, 0.05) is 45.3 Å². The van der Waals surface area contributed by atoms with Crippen LogP contribution in [0.25, 0.3) is 0 Å². The number of nitrogens with two attached hydrogens (primary N) is 5. The molecule has 0 unspecified atom stereocenters. The van der Waals surface area contributed by atoms with Crippen molar-refractivity contribution < 1.29 is 97.1 Å². The Labute approximate surface area is 686 Å². The highest BCUT2D eigenvalue weighted by Gasteiger charge is 2.44. The van der Waals surface area contributed by atoms with E-state index in [-0.39, 0.29) is 164 Å². The number of primary amides is 1. The number of carboxylic acid groups (broad SMARTS) is 2. The molecule has 39 nitrogen and oxygen atoms in total. The quantitative estimate of drug-likeness (QED) is 0.0187. The monoisotopic (exact) mass is 1660 g/mol. The molecule has 39 heteroatoms. The molecule has 3 heterocycles. The van der Waals surface area contributed by atoms with Crippen LogP contribution in [0, 0.1) is 17.8 Å². The van der Waals surface area contributed by atoms with Gasteiger partial charge < -0.3 is 117 Å². The maximum atomic E-state index is 15.1. The first-order chi connectivity index (χ1) is 55.9. The highest BCUT2D eigenvalue weighted by atomic mass is 16.4. The number of aliphatic imine (C=N–C) groups is 1. The maximum Gasteiger partial charge on any atom is 0.326 e. The largest absolute Gasteiger partial charge is 0.508 e. The van der Waals surface area contributed by atoms with Crippen molar-refractivity contribution in [3.8, 4) is 11.5 Å². The lowest BCUT2D eigenvalue weighted by molar-refractivity contribution is -0.144. The molecule has 2 aromatic carbocycles. The number of likely N-dealkylation sites (tertiary alicyclic amines) is 2. The number of hydrogen-bond acceptors (Lipinski definition) is 21. The summed E-state index contributed by atoms with van der Waals surface area (Å²) < 4.78 is 0. The van der Waals surface area contributed by atoms with Gasteiger partial charge in [0.15, 0.2) is 5.96 Å². The molecule has 3 aliphatic rings. The summed E-state index contributed by atoms with van der Waals surface area (Å²) >= 11 is 0. The summed E-state index contributed by atoms with van der Waals surface area (Å²) in [5, 5.41) is 68.9. The van der Waals surface area contributed by atoms with Crippen LogP contribution in [-0.2, 0) is 89.6 Å². The summed E-state index contributed by atoms with van der Waals surface area (Å²) in [5.74, 6) is -16.0. The van der Waals surface area contributed by atoms with Crippen molar-refractivity contribution in [3.63, 3.8) is 0 Å². The summed E-state index contributed by atoms with van der Waals surface area (Å²) in [5.41, 5.74) is 29.5. The Bertz CT molecular complexity index is 3810. The molecular weight excluding hydrogens is 1530 g/mol. The van der Waals surface area contributed by atoms with E-state index in [1.54, 1.807) is 41.5 Å². The number of carboxylic acids is 2. The first-order valence-electron chi connectivity index (χ1n) is 40.6. The summed E-state index contributed by atoms with van der Waals surface area (Å²) in [6.45, 7) is 11.0. The molecule has 25 N–H and O–H groups in total. The summed E-state index contributed by atoms with van der Waals surface area (Å²) in [7, 11) is 0. The van der Waals surface area contributed by atoms with Crippen LogP contribution >= 0.6 is 0 Å². The first kappa shape index (κ1) is 97.3. The molecule has 2 aromatic rings. The normalized spacial score (nSPS) is 17.9. The van der Waals surface area contributed by atoms with Gasteiger partial charge in [-0.1, -0.05) is 85.1 Å². The first-order valence-corrected chi connectivity index (χ1v) is 40.6. The van der Waals surface area contributed by atoms with Gasteiger partial charge in [-0.05, 0) is 163 Å². The fourth-order valence-electron chi connectivity index (χ4n) is 14.2. The number of nitrogens with one attached hydrogen (secondary N) is 11. The molecule has 0 spiro atoms. The Morgan fingerprint density at radius 2 is 0.898 bits per heavy atom. The molecule has 5 rings (SSSR count). The van der Waals surface area contributed by atoms with Gasteiger partial charge in [-0.25, -0.2) is 4.79 Å². The molecule has 0 aliphatic carbocycles. The van der Waals surface area contributed by atoms with Crippen molar-refractivity contribution >= 4 is 101 Å². The number of unbranched alkanes of at least 4 members (excludes halogenated alkanes) is 3. The number of guanidine groups is 1. The van der Waals surface area contributed by atoms with Crippen molar-refractivity contribution in [3.05, 3.63) is 59.7 Å². The average Bonchev–Trinajstić information content (AvgIpc) is 1.63. The Hall–Kier alpha value is -11.3. The molecular formula is C79H123N19O20. The molecule has 3 saturated heterocycles. The second-order valence-corrected chi connectivity index (χ2v) is 31.3. The van der Waals surface area contributed by atoms with Crippen molar-refractivity contribution in [2.75, 3.05) is 32.7 Å². The third-order valence-corrected chi connectivity index (χ3v) is 20.7. The maximum absolute atomic E-state index is 15.1. The van der Waals surface area contributed by atoms with E-state index < -0.39 is 192 Å². The van der Waals surface area contributed by atoms with E-state index in [0.717, 1.165) is 0 Å². The topological polar surface area (TPSA) is 635 Å². The number of aromatic hydroxyl groups is 2. The number of rotatable bonds is 51. The summed E-state index contributed by atoms with van der Waals surface area (Å²) in [6.07, 6.45) is 0.363. The molecule has 3 fully saturated rings. The van der Waals surface area contributed by atoms with Crippen molar-refractivity contribution in [2.24, 2.45) is 51.4 Å². The van der Waals surface area contributed by atoms with Gasteiger partial charge in [-0.15, -0.1) is 0 Å². The number of hydrogen-bond donors (Lipinski definition) is 20. The average molecular weight is 1660 g/mol. The highest BCUT2D eigenvalue weighted by Crippen LogP contribution is 2.25.